The number of nitrogens with one attached hydrogen (secondary N) is 1. The van der Waals surface area contributed by atoms with Gasteiger partial charge in [0, 0.05) is 18.1 Å². The highest BCUT2D eigenvalue weighted by molar-refractivity contribution is 7.92. The first-order chi connectivity index (χ1) is 11.9. The Morgan fingerprint density at radius 3 is 2.12 bits per heavy atom. The third-order valence-electron chi connectivity index (χ3n) is 3.78. The molecule has 25 heavy (non-hydrogen) atoms. The molecule has 0 spiro atoms. The fourth-order valence-electron chi connectivity index (χ4n) is 2.23. The van der Waals surface area contributed by atoms with E-state index in [0.29, 0.717) is 17.2 Å². The van der Waals surface area contributed by atoms with Gasteiger partial charge in [-0.05, 0) is 73.5 Å². The van der Waals surface area contributed by atoms with Crippen molar-refractivity contribution in [1.82, 2.24) is 4.98 Å². The van der Waals surface area contributed by atoms with E-state index in [0.717, 1.165) is 11.1 Å². The topological polar surface area (TPSA) is 68.3 Å². The highest BCUT2D eigenvalue weighted by Gasteiger charge is 2.14. The third-order valence-corrected chi connectivity index (χ3v) is 5.16. The van der Waals surface area contributed by atoms with E-state index in [-0.39, 0.29) is 4.90 Å². The smallest absolute Gasteiger partial charge is 0.261 e. The number of benzene rings is 2. The van der Waals surface area contributed by atoms with Crippen LogP contribution in [-0.4, -0.2) is 13.4 Å². The van der Waals surface area contributed by atoms with Gasteiger partial charge in [0.2, 0.25) is 0 Å². The van der Waals surface area contributed by atoms with E-state index in [2.05, 4.69) is 9.71 Å². The molecule has 0 atom stereocenters. The van der Waals surface area contributed by atoms with E-state index >= 15 is 0 Å². The molecule has 0 bridgehead atoms. The lowest BCUT2D eigenvalue weighted by molar-refractivity contribution is 0.482. The summed E-state index contributed by atoms with van der Waals surface area (Å²) in [4.78, 5) is 4.17. The molecule has 0 aliphatic carbocycles. The van der Waals surface area contributed by atoms with Crippen molar-refractivity contribution in [2.24, 2.45) is 0 Å². The molecule has 6 heteroatoms. The molecule has 2 aromatic carbocycles. The maximum Gasteiger partial charge on any atom is 0.261 e. The number of rotatable bonds is 5. The Labute approximate surface area is 147 Å². The van der Waals surface area contributed by atoms with Gasteiger partial charge in [0.05, 0.1) is 4.90 Å². The van der Waals surface area contributed by atoms with Crippen LogP contribution in [0.15, 0.2) is 71.9 Å². The normalized spacial score (nSPS) is 11.1. The van der Waals surface area contributed by atoms with Crippen molar-refractivity contribution < 1.29 is 13.2 Å². The number of ether oxygens (including phenoxy) is 1. The van der Waals surface area contributed by atoms with E-state index in [1.807, 2.05) is 13.8 Å². The molecule has 5 nitrogen and oxygen atoms in total. The zero-order valence-electron chi connectivity index (χ0n) is 13.9. The van der Waals surface area contributed by atoms with Crippen molar-refractivity contribution >= 4 is 15.7 Å². The number of aromatic nitrogens is 1. The average molecular weight is 354 g/mol. The summed E-state index contributed by atoms with van der Waals surface area (Å²) < 4.78 is 33.2. The number of sulfonamides is 1. The Balaban J connectivity index is 1.75. The fraction of sp³-hybridized carbons (Fsp3) is 0.105. The predicted octanol–water partition coefficient (Wildman–Crippen LogP) is 4.29. The minimum Gasteiger partial charge on any atom is -0.457 e. The second-order valence-corrected chi connectivity index (χ2v) is 7.34. The maximum absolute atomic E-state index is 12.5. The standard InChI is InChI=1S/C19H18N2O3S/c1-14-3-8-19(13-15(14)2)25(22,23)21-16-4-6-17(7-5-16)24-18-9-11-20-12-10-18/h3-13,21H,1-2H3. The molecule has 1 aromatic heterocycles. The first-order valence-corrected chi connectivity index (χ1v) is 9.20. The van der Waals surface area contributed by atoms with E-state index < -0.39 is 10.0 Å². The Bertz CT molecular complexity index is 969. The van der Waals surface area contributed by atoms with Gasteiger partial charge in [0.1, 0.15) is 11.5 Å². The van der Waals surface area contributed by atoms with Crippen LogP contribution in [0.3, 0.4) is 0 Å². The van der Waals surface area contributed by atoms with Crippen LogP contribution in [0.2, 0.25) is 0 Å². The monoisotopic (exact) mass is 354 g/mol. The van der Waals surface area contributed by atoms with Crippen LogP contribution < -0.4 is 9.46 Å². The van der Waals surface area contributed by atoms with Gasteiger partial charge in [0.15, 0.2) is 0 Å². The number of hydrogen-bond donors (Lipinski definition) is 1. The molecule has 1 heterocycles. The molecule has 3 aromatic rings. The number of aryl methyl sites for hydroxylation is 2. The molecule has 0 aliphatic heterocycles. The van der Waals surface area contributed by atoms with Gasteiger partial charge in [-0.2, -0.15) is 0 Å². The van der Waals surface area contributed by atoms with Gasteiger partial charge in [-0.3, -0.25) is 9.71 Å². The quantitative estimate of drug-likeness (QED) is 0.742. The predicted molar refractivity (Wildman–Crippen MR) is 97.5 cm³/mol. The summed E-state index contributed by atoms with van der Waals surface area (Å²) in [6.07, 6.45) is 3.28. The molecular weight excluding hydrogens is 336 g/mol. The lowest BCUT2D eigenvalue weighted by Gasteiger charge is -2.11. The van der Waals surface area contributed by atoms with E-state index in [4.69, 9.17) is 4.74 Å². The first kappa shape index (κ1) is 17.0. The number of nitrogens with zero attached hydrogens (tertiary/aromatic N) is 1. The number of pyridine rings is 1. The largest absolute Gasteiger partial charge is 0.457 e. The van der Waals surface area contributed by atoms with Gasteiger partial charge < -0.3 is 4.74 Å². The van der Waals surface area contributed by atoms with Crippen molar-refractivity contribution in [3.63, 3.8) is 0 Å². The summed E-state index contributed by atoms with van der Waals surface area (Å²) >= 11 is 0. The Morgan fingerprint density at radius 2 is 1.48 bits per heavy atom. The second-order valence-electron chi connectivity index (χ2n) is 5.66. The maximum atomic E-state index is 12.5. The minimum absolute atomic E-state index is 0.243. The summed E-state index contributed by atoms with van der Waals surface area (Å²) in [5.41, 5.74) is 2.46. The van der Waals surface area contributed by atoms with Gasteiger partial charge >= 0.3 is 0 Å². The molecule has 128 valence electrons. The highest BCUT2D eigenvalue weighted by atomic mass is 32.2. The summed E-state index contributed by atoms with van der Waals surface area (Å²) in [7, 11) is -3.62. The highest BCUT2D eigenvalue weighted by Crippen LogP contribution is 2.24. The van der Waals surface area contributed by atoms with Crippen LogP contribution in [0, 0.1) is 13.8 Å². The van der Waals surface area contributed by atoms with Crippen LogP contribution in [-0.2, 0) is 10.0 Å². The summed E-state index contributed by atoms with van der Waals surface area (Å²) in [5, 5.41) is 0. The molecule has 0 saturated carbocycles. The van der Waals surface area contributed by atoms with E-state index in [1.165, 1.54) is 0 Å². The molecule has 3 rings (SSSR count). The minimum atomic E-state index is -3.62. The molecule has 0 aliphatic rings. The number of anilines is 1. The first-order valence-electron chi connectivity index (χ1n) is 7.72. The second kappa shape index (κ2) is 6.94. The zero-order chi connectivity index (χ0) is 17.9. The molecule has 0 fully saturated rings. The van der Waals surface area contributed by atoms with Crippen molar-refractivity contribution in [2.45, 2.75) is 18.7 Å². The van der Waals surface area contributed by atoms with Gasteiger partial charge in [-0.1, -0.05) is 6.07 Å². The van der Waals surface area contributed by atoms with Crippen LogP contribution in [0.1, 0.15) is 11.1 Å². The van der Waals surface area contributed by atoms with Crippen LogP contribution in [0.25, 0.3) is 0 Å². The molecular formula is C19H18N2O3S. The Hall–Kier alpha value is -2.86. The van der Waals surface area contributed by atoms with Crippen molar-refractivity contribution in [2.75, 3.05) is 4.72 Å². The zero-order valence-corrected chi connectivity index (χ0v) is 14.7. The Morgan fingerprint density at radius 1 is 0.840 bits per heavy atom. The molecule has 0 amide bonds. The summed E-state index contributed by atoms with van der Waals surface area (Å²) in [6, 6.07) is 15.3. The van der Waals surface area contributed by atoms with Crippen molar-refractivity contribution in [1.29, 1.82) is 0 Å². The van der Waals surface area contributed by atoms with Crippen molar-refractivity contribution in [3.05, 3.63) is 78.1 Å². The summed E-state index contributed by atoms with van der Waals surface area (Å²) in [6.45, 7) is 3.83. The average Bonchev–Trinajstić information content (AvgIpc) is 2.60. The van der Waals surface area contributed by atoms with E-state index in [1.54, 1.807) is 67.0 Å². The van der Waals surface area contributed by atoms with Gasteiger partial charge in [-0.15, -0.1) is 0 Å². The molecule has 1 N–H and O–H groups in total. The lowest BCUT2D eigenvalue weighted by atomic mass is 10.1. The fourth-order valence-corrected chi connectivity index (χ4v) is 3.37. The molecule has 0 saturated heterocycles. The van der Waals surface area contributed by atoms with E-state index in [9.17, 15) is 8.42 Å². The summed E-state index contributed by atoms with van der Waals surface area (Å²) in [5.74, 6) is 1.28. The number of hydrogen-bond acceptors (Lipinski definition) is 4. The van der Waals surface area contributed by atoms with Crippen LogP contribution in [0.4, 0.5) is 5.69 Å². The SMILES string of the molecule is Cc1ccc(S(=O)(=O)Nc2ccc(Oc3ccncc3)cc2)cc1C. The molecule has 0 radical (unpaired) electrons. The van der Waals surface area contributed by atoms with Gasteiger partial charge in [-0.25, -0.2) is 8.42 Å². The van der Waals surface area contributed by atoms with Crippen LogP contribution in [0.5, 0.6) is 11.5 Å². The third kappa shape index (κ3) is 4.16. The van der Waals surface area contributed by atoms with Crippen molar-refractivity contribution in [3.8, 4) is 11.5 Å². The van der Waals surface area contributed by atoms with Gasteiger partial charge in [0.25, 0.3) is 10.0 Å². The molecule has 0 unspecified atom stereocenters. The van der Waals surface area contributed by atoms with Crippen LogP contribution >= 0.6 is 0 Å². The Kier molecular flexibility index (Phi) is 4.72. The lowest BCUT2D eigenvalue weighted by Crippen LogP contribution is -2.13.